The molecule has 0 radical (unpaired) electrons. The van der Waals surface area contributed by atoms with E-state index in [1.54, 1.807) is 49.7 Å². The zero-order valence-corrected chi connectivity index (χ0v) is 17.4. The number of rotatable bonds is 5. The van der Waals surface area contributed by atoms with Crippen LogP contribution >= 0.6 is 0 Å². The van der Waals surface area contributed by atoms with Crippen molar-refractivity contribution in [2.75, 3.05) is 6.54 Å². The number of nitrogens with one attached hydrogen (secondary N) is 2. The Bertz CT molecular complexity index is 1170. The highest BCUT2D eigenvalue weighted by molar-refractivity contribution is 6.24. The van der Waals surface area contributed by atoms with Crippen LogP contribution in [0.2, 0.25) is 0 Å². The summed E-state index contributed by atoms with van der Waals surface area (Å²) in [6.07, 6.45) is 5.59. The molecule has 0 spiro atoms. The number of allylic oxidation sites excluding steroid dienone is 1. The van der Waals surface area contributed by atoms with Gasteiger partial charge in [-0.3, -0.25) is 14.8 Å². The van der Waals surface area contributed by atoms with E-state index >= 15 is 0 Å². The molecule has 7 heteroatoms. The van der Waals surface area contributed by atoms with E-state index in [1.165, 1.54) is 0 Å². The molecular formula is C24H23N5O2. The Kier molecular flexibility index (Phi) is 6.97. The molecule has 1 amide bonds. The second-order valence-electron chi connectivity index (χ2n) is 6.90. The molecule has 3 N–H and O–H groups in total. The molecule has 3 heterocycles. The molecular weight excluding hydrogens is 390 g/mol. The molecule has 31 heavy (non-hydrogen) atoms. The predicted octanol–water partition coefficient (Wildman–Crippen LogP) is 4.28. The highest BCUT2D eigenvalue weighted by Crippen LogP contribution is 2.28. The highest BCUT2D eigenvalue weighted by atomic mass is 16.3. The van der Waals surface area contributed by atoms with Crippen molar-refractivity contribution < 1.29 is 9.90 Å². The van der Waals surface area contributed by atoms with Crippen LogP contribution in [0.25, 0.3) is 10.9 Å². The number of aromatic nitrogens is 2. The lowest BCUT2D eigenvalue weighted by atomic mass is 10.0. The molecule has 156 valence electrons. The van der Waals surface area contributed by atoms with E-state index in [0.29, 0.717) is 41.2 Å². The monoisotopic (exact) mass is 413 g/mol. The Morgan fingerprint density at radius 3 is 2.81 bits per heavy atom. The van der Waals surface area contributed by atoms with Crippen LogP contribution in [0.4, 0.5) is 5.69 Å². The number of hydrogen-bond acceptors (Lipinski definition) is 4. The Balaban J connectivity index is 1.84. The van der Waals surface area contributed by atoms with Gasteiger partial charge in [0.2, 0.25) is 0 Å². The first-order valence-corrected chi connectivity index (χ1v) is 9.78. The van der Waals surface area contributed by atoms with Gasteiger partial charge < -0.3 is 15.4 Å². The Morgan fingerprint density at radius 2 is 2.06 bits per heavy atom. The number of carbonyl (C=O) groups is 1. The van der Waals surface area contributed by atoms with Crippen molar-refractivity contribution in [2.45, 2.75) is 20.3 Å². The second-order valence-corrected chi connectivity index (χ2v) is 6.90. The van der Waals surface area contributed by atoms with E-state index in [-0.39, 0.29) is 11.8 Å². The number of nitrogens with zero attached hydrogens (tertiary/aromatic N) is 3. The third-order valence-electron chi connectivity index (χ3n) is 4.74. The fourth-order valence-electron chi connectivity index (χ4n) is 3.14. The van der Waals surface area contributed by atoms with Crippen LogP contribution in [0.1, 0.15) is 25.1 Å². The largest absolute Gasteiger partial charge is 0.494 e. The summed E-state index contributed by atoms with van der Waals surface area (Å²) >= 11 is 0. The summed E-state index contributed by atoms with van der Waals surface area (Å²) in [6.45, 7) is 11.3. The standard InChI is InChI=1S/C24H23N5O2/c1-16-21(15-18-9-10-19(25-3)8-6-13-27-23(18)30)29-17(2)22(16)24(31)28-14-11-20-7-4-5-12-26-20/h4-10,12-13,15,27,30H,11,14H2,1-2H3,(H,28,31). The number of aromatic amines is 1. The van der Waals surface area contributed by atoms with E-state index in [0.717, 1.165) is 11.3 Å². The van der Waals surface area contributed by atoms with Gasteiger partial charge >= 0.3 is 0 Å². The summed E-state index contributed by atoms with van der Waals surface area (Å²) in [6, 6.07) is 12.2. The molecule has 1 aliphatic heterocycles. The zero-order chi connectivity index (χ0) is 22.2. The second kappa shape index (κ2) is 10.0. The lowest BCUT2D eigenvalue weighted by Gasteiger charge is -2.07. The molecule has 0 bridgehead atoms. The minimum absolute atomic E-state index is 0.0754. The average Bonchev–Trinajstić information content (AvgIpc) is 3.09. The van der Waals surface area contributed by atoms with E-state index < -0.39 is 0 Å². The van der Waals surface area contributed by atoms with Crippen LogP contribution < -0.4 is 5.32 Å². The normalized spacial score (nSPS) is 14.1. The Labute approximate surface area is 181 Å². The minimum Gasteiger partial charge on any atom is -0.494 e. The van der Waals surface area contributed by atoms with E-state index in [1.807, 2.05) is 25.1 Å². The molecule has 0 saturated heterocycles. The van der Waals surface area contributed by atoms with Crippen molar-refractivity contribution in [1.29, 1.82) is 0 Å². The maximum absolute atomic E-state index is 12.8. The third kappa shape index (κ3) is 5.46. The van der Waals surface area contributed by atoms with Crippen molar-refractivity contribution in [3.8, 4) is 5.88 Å². The number of aromatic hydroxyl groups is 1. The van der Waals surface area contributed by atoms with Gasteiger partial charge in [-0.1, -0.05) is 30.3 Å². The molecule has 7 nitrogen and oxygen atoms in total. The van der Waals surface area contributed by atoms with Crippen LogP contribution in [0.5, 0.6) is 5.88 Å². The molecule has 0 aromatic carbocycles. The van der Waals surface area contributed by atoms with Crippen LogP contribution in [0.3, 0.4) is 0 Å². The summed E-state index contributed by atoms with van der Waals surface area (Å²) < 4.78 is 0. The predicted molar refractivity (Wildman–Crippen MR) is 121 cm³/mol. The van der Waals surface area contributed by atoms with Gasteiger partial charge in [-0.2, -0.15) is 0 Å². The molecule has 0 atom stereocenters. The van der Waals surface area contributed by atoms with E-state index in [9.17, 15) is 9.90 Å². The van der Waals surface area contributed by atoms with Gasteiger partial charge in [0.15, 0.2) is 11.6 Å². The summed E-state index contributed by atoms with van der Waals surface area (Å²) in [5, 5.41) is 13.3. The SMILES string of the molecule is [C-]#[N+]c1ccc[nH]c(O)c(C=C2N=C(C)C(C(=O)NCCc3ccccn3)=C2C)cc1. The highest BCUT2D eigenvalue weighted by Gasteiger charge is 2.23. The molecule has 2 aromatic heterocycles. The summed E-state index contributed by atoms with van der Waals surface area (Å²) in [4.78, 5) is 27.7. The molecule has 0 saturated carbocycles. The van der Waals surface area contributed by atoms with Gasteiger partial charge in [0.1, 0.15) is 0 Å². The molecule has 3 rings (SSSR count). The smallest absolute Gasteiger partial charge is 0.253 e. The Morgan fingerprint density at radius 1 is 1.23 bits per heavy atom. The molecule has 0 fully saturated rings. The molecule has 0 unspecified atom stereocenters. The summed E-state index contributed by atoms with van der Waals surface area (Å²) in [5.41, 5.74) is 4.22. The third-order valence-corrected chi connectivity index (χ3v) is 4.74. The first kappa shape index (κ1) is 21.5. The van der Waals surface area contributed by atoms with E-state index in [2.05, 4.69) is 25.1 Å². The van der Waals surface area contributed by atoms with Gasteiger partial charge in [0.05, 0.1) is 23.6 Å². The summed E-state index contributed by atoms with van der Waals surface area (Å²) in [5.74, 6) is -0.269. The average molecular weight is 413 g/mol. The number of carbonyl (C=O) groups excluding carboxylic acids is 1. The zero-order valence-electron chi connectivity index (χ0n) is 17.4. The lowest BCUT2D eigenvalue weighted by molar-refractivity contribution is -0.117. The van der Waals surface area contributed by atoms with Crippen molar-refractivity contribution in [3.05, 3.63) is 94.4 Å². The first-order chi connectivity index (χ1) is 15.0. The lowest BCUT2D eigenvalue weighted by Crippen LogP contribution is -2.29. The number of amides is 1. The van der Waals surface area contributed by atoms with Gasteiger partial charge in [0, 0.05) is 36.6 Å². The van der Waals surface area contributed by atoms with Crippen LogP contribution in [-0.2, 0) is 11.2 Å². The van der Waals surface area contributed by atoms with Crippen molar-refractivity contribution in [1.82, 2.24) is 15.3 Å². The van der Waals surface area contributed by atoms with Crippen molar-refractivity contribution in [3.63, 3.8) is 0 Å². The van der Waals surface area contributed by atoms with Gasteiger partial charge in [-0.05, 0) is 37.6 Å². The van der Waals surface area contributed by atoms with Crippen molar-refractivity contribution in [2.24, 2.45) is 4.99 Å². The van der Waals surface area contributed by atoms with Gasteiger partial charge in [-0.25, -0.2) is 4.85 Å². The summed E-state index contributed by atoms with van der Waals surface area (Å²) in [7, 11) is 0. The minimum atomic E-state index is -0.194. The molecule has 0 aliphatic carbocycles. The van der Waals surface area contributed by atoms with Crippen LogP contribution in [0.15, 0.2) is 76.7 Å². The fourth-order valence-corrected chi connectivity index (χ4v) is 3.14. The van der Waals surface area contributed by atoms with Gasteiger partial charge in [0.25, 0.3) is 5.91 Å². The van der Waals surface area contributed by atoms with Crippen LogP contribution in [-0.4, -0.2) is 33.2 Å². The first-order valence-electron chi connectivity index (χ1n) is 9.78. The van der Waals surface area contributed by atoms with Gasteiger partial charge in [-0.15, -0.1) is 0 Å². The fraction of sp³-hybridized carbons (Fsp3) is 0.167. The maximum Gasteiger partial charge on any atom is 0.253 e. The van der Waals surface area contributed by atoms with E-state index in [4.69, 9.17) is 6.57 Å². The molecule has 2 aromatic rings. The number of H-pyrrole nitrogens is 1. The topological polar surface area (TPSA) is 94.7 Å². The quantitative estimate of drug-likeness (QED) is 0.639. The number of hydrogen-bond donors (Lipinski definition) is 3. The Hall–Kier alpha value is -4.18. The molecule has 1 aliphatic rings. The van der Waals surface area contributed by atoms with Crippen LogP contribution in [0, 0.1) is 6.57 Å². The van der Waals surface area contributed by atoms with Crippen molar-refractivity contribution >= 4 is 23.4 Å². The number of aliphatic imine (C=N–C) groups is 1. The maximum atomic E-state index is 12.8. The number of pyridine rings is 1.